The zero-order valence-electron chi connectivity index (χ0n) is 12.2. The molecule has 0 fully saturated rings. The van der Waals surface area contributed by atoms with Crippen molar-refractivity contribution in [3.05, 3.63) is 47.2 Å². The molecule has 4 heteroatoms. The van der Waals surface area contributed by atoms with Crippen LogP contribution in [0.15, 0.2) is 41.6 Å². The van der Waals surface area contributed by atoms with Crippen LogP contribution in [0.2, 0.25) is 0 Å². The van der Waals surface area contributed by atoms with Crippen LogP contribution in [0.1, 0.15) is 26.3 Å². The highest BCUT2D eigenvalue weighted by atomic mass is 16.5. The summed E-state index contributed by atoms with van der Waals surface area (Å²) in [6.45, 7) is 6.25. The first kappa shape index (κ1) is 16.0. The quantitative estimate of drug-likeness (QED) is 0.359. The van der Waals surface area contributed by atoms with Gasteiger partial charge in [0.2, 0.25) is 0 Å². The van der Waals surface area contributed by atoms with E-state index < -0.39 is 5.97 Å². The summed E-state index contributed by atoms with van der Waals surface area (Å²) in [5.74, 6) is -0.792. The van der Waals surface area contributed by atoms with Gasteiger partial charge in [0.1, 0.15) is 5.57 Å². The smallest absolute Gasteiger partial charge is 0.343 e. The fourth-order valence-corrected chi connectivity index (χ4v) is 1.90. The molecule has 0 aliphatic heterocycles. The Morgan fingerprint density at radius 1 is 1.15 bits per heavy atom. The largest absolute Gasteiger partial charge is 0.462 e. The van der Waals surface area contributed by atoms with Crippen molar-refractivity contribution in [1.29, 1.82) is 0 Å². The van der Waals surface area contributed by atoms with E-state index in [0.717, 1.165) is 5.56 Å². The third-order valence-corrected chi connectivity index (χ3v) is 2.78. The van der Waals surface area contributed by atoms with Crippen molar-refractivity contribution >= 4 is 11.8 Å². The summed E-state index contributed by atoms with van der Waals surface area (Å²) in [4.78, 5) is 24.3. The Hall–Kier alpha value is -2.10. The third-order valence-electron chi connectivity index (χ3n) is 2.78. The van der Waals surface area contributed by atoms with Gasteiger partial charge >= 0.3 is 5.97 Å². The van der Waals surface area contributed by atoms with Crippen LogP contribution in [-0.2, 0) is 20.7 Å². The molecule has 1 aromatic carbocycles. The number of carbonyl (C=O) groups is 2. The Morgan fingerprint density at radius 2 is 1.80 bits per heavy atom. The van der Waals surface area contributed by atoms with E-state index in [0.29, 0.717) is 12.2 Å². The molecule has 1 N–H and O–H groups in total. The summed E-state index contributed by atoms with van der Waals surface area (Å²) in [5.41, 5.74) is 1.55. The molecule has 0 aromatic heterocycles. The van der Waals surface area contributed by atoms with E-state index in [-0.39, 0.29) is 24.4 Å². The van der Waals surface area contributed by atoms with Crippen molar-refractivity contribution in [1.82, 2.24) is 5.32 Å². The van der Waals surface area contributed by atoms with Crippen molar-refractivity contribution in [2.75, 3.05) is 13.2 Å². The fraction of sp³-hybridized carbons (Fsp3) is 0.375. The van der Waals surface area contributed by atoms with Crippen molar-refractivity contribution in [3.63, 3.8) is 0 Å². The van der Waals surface area contributed by atoms with Crippen molar-refractivity contribution in [3.8, 4) is 0 Å². The number of hydrogen-bond acceptors (Lipinski definition) is 4. The van der Waals surface area contributed by atoms with Crippen LogP contribution in [0.5, 0.6) is 0 Å². The highest BCUT2D eigenvalue weighted by molar-refractivity contribution is 6.18. The van der Waals surface area contributed by atoms with Gasteiger partial charge in [-0.2, -0.15) is 0 Å². The lowest BCUT2D eigenvalue weighted by Gasteiger charge is -2.11. The van der Waals surface area contributed by atoms with E-state index in [1.807, 2.05) is 37.3 Å². The average Bonchev–Trinajstić information content (AvgIpc) is 2.40. The standard InChI is InChI=1S/C16H21NO3/c1-4-17-12(3)15(16(19)20-5-2)14(18)11-13-9-7-6-8-10-13/h6-10,17H,4-5,11H2,1-3H3. The minimum absolute atomic E-state index is 0.109. The van der Waals surface area contributed by atoms with Gasteiger partial charge < -0.3 is 10.1 Å². The number of benzene rings is 1. The zero-order chi connectivity index (χ0) is 15.0. The van der Waals surface area contributed by atoms with Crippen LogP contribution in [-0.4, -0.2) is 24.9 Å². The maximum Gasteiger partial charge on any atom is 0.343 e. The van der Waals surface area contributed by atoms with Crippen LogP contribution < -0.4 is 5.32 Å². The highest BCUT2D eigenvalue weighted by Gasteiger charge is 2.22. The van der Waals surface area contributed by atoms with E-state index in [2.05, 4.69) is 5.32 Å². The van der Waals surface area contributed by atoms with Gasteiger partial charge in [0.15, 0.2) is 5.78 Å². The summed E-state index contributed by atoms with van der Waals surface area (Å²) in [7, 11) is 0. The number of esters is 1. The Labute approximate surface area is 119 Å². The summed E-state index contributed by atoms with van der Waals surface area (Å²) >= 11 is 0. The van der Waals surface area contributed by atoms with Gasteiger partial charge in [-0.15, -0.1) is 0 Å². The van der Waals surface area contributed by atoms with Crippen molar-refractivity contribution < 1.29 is 14.3 Å². The molecule has 0 unspecified atom stereocenters. The molecular formula is C16H21NO3. The molecule has 0 aliphatic rings. The monoisotopic (exact) mass is 275 g/mol. The predicted molar refractivity (Wildman–Crippen MR) is 78.2 cm³/mol. The number of ether oxygens (including phenoxy) is 1. The van der Waals surface area contributed by atoms with Gasteiger partial charge in [-0.3, -0.25) is 4.79 Å². The van der Waals surface area contributed by atoms with Crippen LogP contribution in [0.3, 0.4) is 0 Å². The topological polar surface area (TPSA) is 55.4 Å². The molecule has 4 nitrogen and oxygen atoms in total. The molecule has 1 aromatic rings. The molecule has 0 spiro atoms. The molecule has 0 radical (unpaired) electrons. The summed E-state index contributed by atoms with van der Waals surface area (Å²) in [5, 5.41) is 3.01. The average molecular weight is 275 g/mol. The molecule has 0 amide bonds. The molecule has 20 heavy (non-hydrogen) atoms. The molecule has 0 atom stereocenters. The molecule has 1 rings (SSSR count). The van der Waals surface area contributed by atoms with Gasteiger partial charge in [-0.05, 0) is 26.3 Å². The van der Waals surface area contributed by atoms with Crippen LogP contribution in [0.4, 0.5) is 0 Å². The first-order valence-corrected chi connectivity index (χ1v) is 6.79. The third kappa shape index (κ3) is 4.53. The second kappa shape index (κ2) is 8.15. The van der Waals surface area contributed by atoms with Crippen molar-refractivity contribution in [2.45, 2.75) is 27.2 Å². The van der Waals surface area contributed by atoms with Gasteiger partial charge in [0.05, 0.1) is 6.61 Å². The normalized spacial score (nSPS) is 11.6. The second-order valence-electron chi connectivity index (χ2n) is 4.34. The first-order valence-electron chi connectivity index (χ1n) is 6.79. The van der Waals surface area contributed by atoms with Gasteiger partial charge in [0.25, 0.3) is 0 Å². The number of allylic oxidation sites excluding steroid dienone is 1. The van der Waals surface area contributed by atoms with E-state index >= 15 is 0 Å². The molecule has 0 bridgehead atoms. The first-order chi connectivity index (χ1) is 9.60. The SMILES string of the molecule is CCNC(C)=C(C(=O)Cc1ccccc1)C(=O)OCC. The Kier molecular flexibility index (Phi) is 6.50. The minimum atomic E-state index is -0.563. The minimum Gasteiger partial charge on any atom is -0.462 e. The zero-order valence-corrected chi connectivity index (χ0v) is 12.2. The molecule has 0 saturated heterocycles. The maximum atomic E-state index is 12.3. The van der Waals surface area contributed by atoms with E-state index in [1.54, 1.807) is 13.8 Å². The van der Waals surface area contributed by atoms with Gasteiger partial charge in [-0.25, -0.2) is 4.79 Å². The number of nitrogens with one attached hydrogen (secondary N) is 1. The molecular weight excluding hydrogens is 254 g/mol. The summed E-state index contributed by atoms with van der Waals surface area (Å²) < 4.78 is 4.97. The van der Waals surface area contributed by atoms with Gasteiger partial charge in [-0.1, -0.05) is 30.3 Å². The Balaban J connectivity index is 2.96. The number of Topliss-reactive ketones (excluding diaryl/α,β-unsaturated/α-hetero) is 1. The lowest BCUT2D eigenvalue weighted by molar-refractivity contribution is -0.140. The van der Waals surface area contributed by atoms with Crippen LogP contribution >= 0.6 is 0 Å². The summed E-state index contributed by atoms with van der Waals surface area (Å²) in [6.07, 6.45) is 0.192. The van der Waals surface area contributed by atoms with Gasteiger partial charge in [0, 0.05) is 18.7 Å². The van der Waals surface area contributed by atoms with E-state index in [4.69, 9.17) is 4.74 Å². The molecule has 108 valence electrons. The number of ketones is 1. The predicted octanol–water partition coefficient (Wildman–Crippen LogP) is 2.24. The van der Waals surface area contributed by atoms with Crippen molar-refractivity contribution in [2.24, 2.45) is 0 Å². The Morgan fingerprint density at radius 3 is 2.35 bits per heavy atom. The number of carbonyl (C=O) groups excluding carboxylic acids is 2. The molecule has 0 saturated carbocycles. The second-order valence-corrected chi connectivity index (χ2v) is 4.34. The Bertz CT molecular complexity index is 492. The summed E-state index contributed by atoms with van der Waals surface area (Å²) in [6, 6.07) is 9.35. The fourth-order valence-electron chi connectivity index (χ4n) is 1.90. The lowest BCUT2D eigenvalue weighted by atomic mass is 10.0. The maximum absolute atomic E-state index is 12.3. The number of rotatable bonds is 7. The lowest BCUT2D eigenvalue weighted by Crippen LogP contribution is -2.24. The van der Waals surface area contributed by atoms with E-state index in [9.17, 15) is 9.59 Å². The van der Waals surface area contributed by atoms with Crippen LogP contribution in [0.25, 0.3) is 0 Å². The molecule has 0 heterocycles. The van der Waals surface area contributed by atoms with E-state index in [1.165, 1.54) is 0 Å². The number of hydrogen-bond donors (Lipinski definition) is 1. The molecule has 0 aliphatic carbocycles. The highest BCUT2D eigenvalue weighted by Crippen LogP contribution is 2.11. The van der Waals surface area contributed by atoms with Crippen LogP contribution in [0, 0.1) is 0 Å².